The molecule has 0 aliphatic carbocycles. The predicted molar refractivity (Wildman–Crippen MR) is 114 cm³/mol. The summed E-state index contributed by atoms with van der Waals surface area (Å²) >= 11 is 6.26. The van der Waals surface area contributed by atoms with Crippen molar-refractivity contribution in [1.82, 2.24) is 20.5 Å². The van der Waals surface area contributed by atoms with Crippen LogP contribution in [0, 0.1) is 0 Å². The first kappa shape index (κ1) is 20.7. The molecule has 2 N–H and O–H groups in total. The molecule has 2 atom stereocenters. The Kier molecular flexibility index (Phi) is 7.36. The van der Waals surface area contributed by atoms with Crippen molar-refractivity contribution in [1.29, 1.82) is 0 Å². The minimum Gasteiger partial charge on any atom is -0.356 e. The molecular weight excluding hydrogens is 376 g/mol. The Morgan fingerprint density at radius 2 is 2.21 bits per heavy atom. The van der Waals surface area contributed by atoms with Crippen molar-refractivity contribution in [2.24, 2.45) is 4.99 Å². The molecule has 8 heteroatoms. The topological polar surface area (TPSA) is 72.9 Å². The molecule has 0 aromatic carbocycles. The maximum atomic E-state index is 12.5. The number of carbonyl (C=O) groups excluding carboxylic acids is 1. The largest absolute Gasteiger partial charge is 0.356 e. The number of rotatable bonds is 5. The predicted octanol–water partition coefficient (Wildman–Crippen LogP) is 2.27. The Bertz CT molecular complexity index is 697. The minimum absolute atomic E-state index is 0.229. The van der Waals surface area contributed by atoms with Crippen molar-refractivity contribution in [2.45, 2.75) is 51.1 Å². The lowest BCUT2D eigenvalue weighted by atomic mass is 10.0. The highest BCUT2D eigenvalue weighted by atomic mass is 35.5. The number of piperidine rings is 1. The van der Waals surface area contributed by atoms with Gasteiger partial charge in [0.05, 0.1) is 5.02 Å². The number of nitrogens with zero attached hydrogens (tertiary/aromatic N) is 4. The average molecular weight is 407 g/mol. The third-order valence-corrected chi connectivity index (χ3v) is 5.84. The summed E-state index contributed by atoms with van der Waals surface area (Å²) in [4.78, 5) is 25.4. The maximum absolute atomic E-state index is 12.5. The van der Waals surface area contributed by atoms with Gasteiger partial charge in [-0.15, -0.1) is 0 Å². The Labute approximate surface area is 172 Å². The van der Waals surface area contributed by atoms with E-state index in [1.54, 1.807) is 13.2 Å². The van der Waals surface area contributed by atoms with E-state index >= 15 is 0 Å². The summed E-state index contributed by atoms with van der Waals surface area (Å²) in [5, 5.41) is 7.40. The van der Waals surface area contributed by atoms with Crippen LogP contribution in [0.5, 0.6) is 0 Å². The first-order valence-corrected chi connectivity index (χ1v) is 10.6. The first-order valence-electron chi connectivity index (χ1n) is 10.2. The van der Waals surface area contributed by atoms with E-state index in [1.165, 1.54) is 6.42 Å². The van der Waals surface area contributed by atoms with Gasteiger partial charge in [0, 0.05) is 57.9 Å². The summed E-state index contributed by atoms with van der Waals surface area (Å²) in [6.45, 7) is 5.34. The van der Waals surface area contributed by atoms with Gasteiger partial charge in [-0.3, -0.25) is 9.79 Å². The van der Waals surface area contributed by atoms with Crippen LogP contribution in [0.3, 0.4) is 0 Å². The maximum Gasteiger partial charge on any atom is 0.224 e. The highest BCUT2D eigenvalue weighted by Gasteiger charge is 2.26. The number of amides is 1. The third kappa shape index (κ3) is 5.28. The first-order chi connectivity index (χ1) is 13.6. The summed E-state index contributed by atoms with van der Waals surface area (Å²) in [5.41, 5.74) is 0. The average Bonchev–Trinajstić information content (AvgIpc) is 3.16. The van der Waals surface area contributed by atoms with Crippen LogP contribution in [-0.2, 0) is 4.79 Å². The zero-order valence-corrected chi connectivity index (χ0v) is 17.6. The molecule has 7 nitrogen and oxygen atoms in total. The lowest BCUT2D eigenvalue weighted by Gasteiger charge is -2.33. The van der Waals surface area contributed by atoms with Crippen LogP contribution in [0.15, 0.2) is 23.3 Å². The van der Waals surface area contributed by atoms with Gasteiger partial charge >= 0.3 is 0 Å². The molecule has 1 aromatic rings. The van der Waals surface area contributed by atoms with Crippen molar-refractivity contribution in [3.63, 3.8) is 0 Å². The molecule has 0 bridgehead atoms. The van der Waals surface area contributed by atoms with E-state index in [0.29, 0.717) is 24.0 Å². The molecule has 1 aromatic heterocycles. The van der Waals surface area contributed by atoms with Crippen molar-refractivity contribution in [3.8, 4) is 0 Å². The lowest BCUT2D eigenvalue weighted by Crippen LogP contribution is -2.46. The Morgan fingerprint density at radius 3 is 2.96 bits per heavy atom. The highest BCUT2D eigenvalue weighted by Crippen LogP contribution is 2.25. The number of pyridine rings is 1. The van der Waals surface area contributed by atoms with Crippen LogP contribution in [0.25, 0.3) is 0 Å². The van der Waals surface area contributed by atoms with Gasteiger partial charge in [-0.25, -0.2) is 4.98 Å². The van der Waals surface area contributed by atoms with E-state index in [0.717, 1.165) is 50.7 Å². The van der Waals surface area contributed by atoms with Crippen LogP contribution in [0.2, 0.25) is 5.02 Å². The van der Waals surface area contributed by atoms with Crippen LogP contribution in [-0.4, -0.2) is 67.1 Å². The fraction of sp³-hybridized carbons (Fsp3) is 0.650. The van der Waals surface area contributed by atoms with E-state index in [9.17, 15) is 4.79 Å². The van der Waals surface area contributed by atoms with Gasteiger partial charge in [0.1, 0.15) is 5.82 Å². The molecule has 2 saturated heterocycles. The van der Waals surface area contributed by atoms with E-state index in [4.69, 9.17) is 11.6 Å². The van der Waals surface area contributed by atoms with Crippen molar-refractivity contribution >= 4 is 29.3 Å². The zero-order chi connectivity index (χ0) is 19.9. The number of aromatic nitrogens is 1. The monoisotopic (exact) mass is 406 g/mol. The fourth-order valence-electron chi connectivity index (χ4n) is 3.97. The Hall–Kier alpha value is -2.02. The number of halogens is 1. The standard InChI is InChI=1S/C20H31ClN6O/c1-15-6-3-4-12-27(15)18(28)8-11-24-20(22-2)25-16-9-13-26(14-16)19-17(21)7-5-10-23-19/h5,7,10,15-16H,3-4,6,8-9,11-14H2,1-2H3,(H2,22,24,25). The molecule has 2 aliphatic heterocycles. The smallest absolute Gasteiger partial charge is 0.224 e. The highest BCUT2D eigenvalue weighted by molar-refractivity contribution is 6.32. The Morgan fingerprint density at radius 1 is 1.36 bits per heavy atom. The molecule has 1 amide bonds. The summed E-state index contributed by atoms with van der Waals surface area (Å²) in [6, 6.07) is 4.34. The van der Waals surface area contributed by atoms with Crippen LogP contribution in [0.4, 0.5) is 5.82 Å². The SMILES string of the molecule is CN=C(NCCC(=O)N1CCCCC1C)NC1CCN(c2ncccc2Cl)C1. The van der Waals surface area contributed by atoms with Gasteiger partial charge in [0.2, 0.25) is 5.91 Å². The summed E-state index contributed by atoms with van der Waals surface area (Å²) in [5.74, 6) is 1.79. The van der Waals surface area contributed by atoms with Crippen LogP contribution >= 0.6 is 11.6 Å². The number of hydrogen-bond donors (Lipinski definition) is 2. The second kappa shape index (κ2) is 9.96. The zero-order valence-electron chi connectivity index (χ0n) is 16.8. The van der Waals surface area contributed by atoms with E-state index in [1.807, 2.05) is 17.0 Å². The van der Waals surface area contributed by atoms with Gasteiger partial charge < -0.3 is 20.4 Å². The number of guanidine groups is 1. The molecule has 3 heterocycles. The summed E-state index contributed by atoms with van der Waals surface area (Å²) < 4.78 is 0. The lowest BCUT2D eigenvalue weighted by molar-refractivity contribution is -0.134. The number of anilines is 1. The Balaban J connectivity index is 1.42. The quantitative estimate of drug-likeness (QED) is 0.579. The number of aliphatic imine (C=N–C) groups is 1. The molecule has 28 heavy (non-hydrogen) atoms. The van der Waals surface area contributed by atoms with E-state index in [-0.39, 0.29) is 11.9 Å². The molecule has 0 radical (unpaired) electrons. The third-order valence-electron chi connectivity index (χ3n) is 5.55. The fourth-order valence-corrected chi connectivity index (χ4v) is 4.21. The normalized spacial score (nSPS) is 23.0. The molecule has 154 valence electrons. The number of hydrogen-bond acceptors (Lipinski definition) is 4. The van der Waals surface area contributed by atoms with Crippen LogP contribution < -0.4 is 15.5 Å². The van der Waals surface area contributed by atoms with Gasteiger partial charge in [0.15, 0.2) is 5.96 Å². The summed E-state index contributed by atoms with van der Waals surface area (Å²) in [7, 11) is 1.76. The molecule has 3 rings (SSSR count). The molecular formula is C20H31ClN6O. The molecule has 2 fully saturated rings. The van der Waals surface area contributed by atoms with Crippen molar-refractivity contribution in [3.05, 3.63) is 23.4 Å². The number of likely N-dealkylation sites (tertiary alicyclic amines) is 1. The van der Waals surface area contributed by atoms with E-state index < -0.39 is 0 Å². The van der Waals surface area contributed by atoms with Crippen molar-refractivity contribution in [2.75, 3.05) is 38.1 Å². The number of carbonyl (C=O) groups is 1. The molecule has 2 unspecified atom stereocenters. The van der Waals surface area contributed by atoms with Gasteiger partial charge in [-0.05, 0) is 44.7 Å². The minimum atomic E-state index is 0.229. The van der Waals surface area contributed by atoms with Crippen molar-refractivity contribution < 1.29 is 4.79 Å². The number of nitrogens with one attached hydrogen (secondary N) is 2. The van der Waals surface area contributed by atoms with Gasteiger partial charge in [0.25, 0.3) is 0 Å². The van der Waals surface area contributed by atoms with E-state index in [2.05, 4.69) is 32.4 Å². The molecule has 0 saturated carbocycles. The molecule has 2 aliphatic rings. The molecule has 0 spiro atoms. The second-order valence-electron chi connectivity index (χ2n) is 7.57. The summed E-state index contributed by atoms with van der Waals surface area (Å²) in [6.07, 6.45) is 6.69. The van der Waals surface area contributed by atoms with Gasteiger partial charge in [-0.1, -0.05) is 11.6 Å². The second-order valence-corrected chi connectivity index (χ2v) is 7.97. The van der Waals surface area contributed by atoms with Gasteiger partial charge in [-0.2, -0.15) is 0 Å². The van der Waals surface area contributed by atoms with Crippen LogP contribution in [0.1, 0.15) is 39.0 Å².